The first-order valence-corrected chi connectivity index (χ1v) is 20.8. The van der Waals surface area contributed by atoms with Crippen LogP contribution < -0.4 is 20.1 Å². The summed E-state index contributed by atoms with van der Waals surface area (Å²) < 4.78 is 134. The molecule has 7 atom stereocenters. The van der Waals surface area contributed by atoms with Gasteiger partial charge in [0.05, 0.1) is 45.2 Å². The van der Waals surface area contributed by atoms with Gasteiger partial charge in [0.25, 0.3) is 16.0 Å². The number of anilines is 2. The highest BCUT2D eigenvalue weighted by atomic mass is 35.5. The largest absolute Gasteiger partial charge is 0.472 e. The van der Waals surface area contributed by atoms with Gasteiger partial charge in [-0.1, -0.05) is 18.5 Å². The average Bonchev–Trinajstić information content (AvgIpc) is 3.76. The third-order valence-corrected chi connectivity index (χ3v) is 13.5. The van der Waals surface area contributed by atoms with Gasteiger partial charge in [-0.3, -0.25) is 13.9 Å². The Kier molecular flexibility index (Phi) is 9.91. The Labute approximate surface area is 328 Å². The lowest BCUT2D eigenvalue weighted by atomic mass is 9.95. The molecule has 7 heterocycles. The van der Waals surface area contributed by atoms with Gasteiger partial charge >= 0.3 is 12.2 Å². The quantitative estimate of drug-likeness (QED) is 0.161. The lowest BCUT2D eigenvalue weighted by molar-refractivity contribution is -0.143. The van der Waals surface area contributed by atoms with E-state index in [0.29, 0.717) is 31.9 Å². The lowest BCUT2D eigenvalue weighted by Crippen LogP contribution is -2.66. The number of carbonyl (C=O) groups excluding carboxylic acids is 1. The zero-order chi connectivity index (χ0) is 40.9. The highest BCUT2D eigenvalue weighted by molar-refractivity contribution is 7.86. The van der Waals surface area contributed by atoms with Crippen LogP contribution >= 0.6 is 11.6 Å². The van der Waals surface area contributed by atoms with Crippen molar-refractivity contribution in [3.63, 3.8) is 0 Å². The molecule has 0 spiro atoms. The van der Waals surface area contributed by atoms with Crippen molar-refractivity contribution in [1.29, 1.82) is 0 Å². The molecule has 1 aromatic carbocycles. The normalized spacial score (nSPS) is 27.6. The summed E-state index contributed by atoms with van der Waals surface area (Å²) >= 11 is 5.98. The van der Waals surface area contributed by atoms with E-state index in [2.05, 4.69) is 9.97 Å². The predicted octanol–water partition coefficient (Wildman–Crippen LogP) is 5.65. The van der Waals surface area contributed by atoms with Crippen LogP contribution in [0.4, 0.5) is 37.8 Å². The van der Waals surface area contributed by atoms with E-state index in [1.807, 2.05) is 4.90 Å². The number of ether oxygens (including phenoxy) is 2. The van der Waals surface area contributed by atoms with Crippen LogP contribution in [-0.4, -0.2) is 113 Å². The number of nitrogens with zero attached hydrogens (tertiary/aromatic N) is 6. The number of nitrogen functional groups attached to an aromatic ring is 1. The van der Waals surface area contributed by atoms with Crippen LogP contribution in [0.1, 0.15) is 64.9 Å². The monoisotopic (exact) mass is 847 g/mol. The number of carbonyl (C=O) groups is 1. The highest BCUT2D eigenvalue weighted by Crippen LogP contribution is 2.50. The molecule has 310 valence electrons. The van der Waals surface area contributed by atoms with Gasteiger partial charge in [0, 0.05) is 25.6 Å². The molecule has 5 aliphatic rings. The molecular formula is C36H40ClF6N7O6S. The Morgan fingerprint density at radius 3 is 2.61 bits per heavy atom. The molecule has 2 aromatic heterocycles. The fourth-order valence-electron chi connectivity index (χ4n) is 9.48. The number of piperazine rings is 1. The molecule has 3 aromatic rings. The number of nitrogens with two attached hydrogens (primary N) is 1. The maximum absolute atomic E-state index is 17.1. The summed E-state index contributed by atoms with van der Waals surface area (Å²) in [7, 11) is -4.00. The standard InChI is InChI=1S/C36H40ClF6N7O6S/c1-4-22(56-57(52,53)5-2)33(51)50-18-7-8-21(50)30-16(3)55-32-24-29(27(40)28(45-32)23-25(36(41,42)43)19(37)11-20(44)26(23)39)46-34(47-31(24)49(30)14-18)54-15-35-9-6-10-48(35)13-17(38)12-35/h11,16-18,21-22,30H,4-10,12-15,44H2,1-3H3/t16-,17+,18+,21-,22+,30+,35-/m0/s1. The number of pyridine rings is 1. The lowest BCUT2D eigenvalue weighted by Gasteiger charge is -2.48. The number of benzene rings is 1. The second-order valence-corrected chi connectivity index (χ2v) is 17.6. The molecule has 13 nitrogen and oxygen atoms in total. The molecule has 2 N–H and O–H groups in total. The van der Waals surface area contributed by atoms with Crippen LogP contribution in [0, 0.1) is 11.6 Å². The molecule has 8 rings (SSSR count). The first-order chi connectivity index (χ1) is 26.9. The summed E-state index contributed by atoms with van der Waals surface area (Å²) in [4.78, 5) is 32.7. The van der Waals surface area contributed by atoms with Gasteiger partial charge in [0.1, 0.15) is 41.3 Å². The van der Waals surface area contributed by atoms with Crippen molar-refractivity contribution < 1.29 is 53.2 Å². The highest BCUT2D eigenvalue weighted by Gasteiger charge is 2.55. The van der Waals surface area contributed by atoms with Crippen LogP contribution in [0.2, 0.25) is 5.02 Å². The van der Waals surface area contributed by atoms with E-state index in [4.69, 9.17) is 36.0 Å². The topological polar surface area (TPSA) is 153 Å². The van der Waals surface area contributed by atoms with Gasteiger partial charge in [-0.25, -0.2) is 18.2 Å². The minimum absolute atomic E-state index is 0.0378. The molecule has 4 saturated heterocycles. The van der Waals surface area contributed by atoms with Crippen LogP contribution in [0.5, 0.6) is 11.9 Å². The van der Waals surface area contributed by atoms with E-state index in [1.54, 1.807) is 23.6 Å². The molecule has 0 saturated carbocycles. The van der Waals surface area contributed by atoms with E-state index >= 15 is 8.78 Å². The van der Waals surface area contributed by atoms with E-state index in [1.165, 1.54) is 6.92 Å². The van der Waals surface area contributed by atoms with Crippen molar-refractivity contribution in [1.82, 2.24) is 24.8 Å². The summed E-state index contributed by atoms with van der Waals surface area (Å²) in [6.07, 6.45) is -6.02. The first kappa shape index (κ1) is 39.9. The van der Waals surface area contributed by atoms with Gasteiger partial charge in [-0.2, -0.15) is 31.6 Å². The smallest absolute Gasteiger partial charge is 0.418 e. The Morgan fingerprint density at radius 2 is 1.91 bits per heavy atom. The Balaban J connectivity index is 1.28. The van der Waals surface area contributed by atoms with Gasteiger partial charge < -0.3 is 25.0 Å². The second-order valence-electron chi connectivity index (χ2n) is 15.4. The van der Waals surface area contributed by atoms with E-state index < -0.39 is 115 Å². The predicted molar refractivity (Wildman–Crippen MR) is 195 cm³/mol. The second kappa shape index (κ2) is 14.1. The van der Waals surface area contributed by atoms with Crippen LogP contribution in [0.15, 0.2) is 6.07 Å². The van der Waals surface area contributed by atoms with Gasteiger partial charge in [-0.05, 0) is 58.6 Å². The maximum Gasteiger partial charge on any atom is 0.418 e. The molecule has 5 aliphatic heterocycles. The Morgan fingerprint density at radius 1 is 1.16 bits per heavy atom. The average molecular weight is 848 g/mol. The van der Waals surface area contributed by atoms with Gasteiger partial charge in [-0.15, -0.1) is 0 Å². The number of alkyl halides is 4. The Bertz CT molecular complexity index is 2260. The summed E-state index contributed by atoms with van der Waals surface area (Å²) in [6.45, 7) is 5.52. The van der Waals surface area contributed by atoms with Crippen molar-refractivity contribution in [3.8, 4) is 23.1 Å². The number of halogens is 7. The summed E-state index contributed by atoms with van der Waals surface area (Å²) in [6, 6.07) is -1.69. The molecule has 0 unspecified atom stereocenters. The summed E-state index contributed by atoms with van der Waals surface area (Å²) in [5.41, 5.74) is -0.555. The minimum Gasteiger partial charge on any atom is -0.472 e. The number of amides is 1. The van der Waals surface area contributed by atoms with Crippen molar-refractivity contribution >= 4 is 50.0 Å². The van der Waals surface area contributed by atoms with Crippen molar-refractivity contribution in [2.75, 3.05) is 42.6 Å². The summed E-state index contributed by atoms with van der Waals surface area (Å²) in [5.74, 6) is -4.37. The molecule has 2 bridgehead atoms. The molecule has 1 amide bonds. The fourth-order valence-corrected chi connectivity index (χ4v) is 10.5. The molecule has 57 heavy (non-hydrogen) atoms. The van der Waals surface area contributed by atoms with Crippen molar-refractivity contribution in [3.05, 3.63) is 28.3 Å². The fraction of sp³-hybridized carbons (Fsp3) is 0.611. The Hall–Kier alpha value is -3.88. The molecule has 21 heteroatoms. The van der Waals surface area contributed by atoms with Crippen LogP contribution in [0.25, 0.3) is 22.2 Å². The maximum atomic E-state index is 17.1. The van der Waals surface area contributed by atoms with E-state index in [-0.39, 0.29) is 55.5 Å². The first-order valence-electron chi connectivity index (χ1n) is 18.8. The zero-order valence-corrected chi connectivity index (χ0v) is 32.7. The number of fused-ring (bicyclic) bond motifs is 6. The van der Waals surface area contributed by atoms with Crippen LogP contribution in [-0.2, 0) is 25.3 Å². The third-order valence-electron chi connectivity index (χ3n) is 12.0. The van der Waals surface area contributed by atoms with Gasteiger partial charge in [0.2, 0.25) is 5.88 Å². The SMILES string of the molecule is CC[C@@H](OS(=O)(=O)CC)C(=O)N1[C@@H]2CC[C@H]1[C@H]1[C@H](C)Oc3nc(-c4c(F)c(N)cc(Cl)c4C(F)(F)F)c(F)c4nc(OC[C@@]56CCCN5C[C@H](F)C6)nc(c34)N1C2. The summed E-state index contributed by atoms with van der Waals surface area (Å²) in [5, 5.41) is -1.14. The number of hydrogen-bond donors (Lipinski definition) is 1. The number of hydrogen-bond acceptors (Lipinski definition) is 12. The molecule has 0 radical (unpaired) electrons. The van der Waals surface area contributed by atoms with Crippen LogP contribution in [0.3, 0.4) is 0 Å². The molecule has 4 fully saturated rings. The zero-order valence-electron chi connectivity index (χ0n) is 31.1. The van der Waals surface area contributed by atoms with Gasteiger partial charge in [0.15, 0.2) is 17.7 Å². The van der Waals surface area contributed by atoms with Crippen molar-refractivity contribution in [2.45, 2.75) is 108 Å². The van der Waals surface area contributed by atoms with E-state index in [9.17, 15) is 30.8 Å². The molecular weight excluding hydrogens is 808 g/mol. The number of rotatable bonds is 9. The van der Waals surface area contributed by atoms with Crippen molar-refractivity contribution in [2.24, 2.45) is 0 Å². The van der Waals surface area contributed by atoms with E-state index in [0.717, 1.165) is 6.42 Å². The third kappa shape index (κ3) is 6.57. The molecule has 0 aliphatic carbocycles. The number of aromatic nitrogens is 3. The minimum atomic E-state index is -5.29.